The summed E-state index contributed by atoms with van der Waals surface area (Å²) in [5.74, 6) is 0.955. The summed E-state index contributed by atoms with van der Waals surface area (Å²) in [5.41, 5.74) is 7.02. The number of carbonyl (C=O) groups is 1. The van der Waals surface area contributed by atoms with Crippen molar-refractivity contribution in [2.45, 2.75) is 18.5 Å². The maximum Gasteiger partial charge on any atom is 0.255 e. The first-order valence-electron chi connectivity index (χ1n) is 14.1. The van der Waals surface area contributed by atoms with Crippen molar-refractivity contribution in [3.05, 3.63) is 119 Å². The van der Waals surface area contributed by atoms with Crippen LogP contribution in [0, 0.1) is 5.82 Å². The van der Waals surface area contributed by atoms with E-state index in [1.807, 2.05) is 36.4 Å². The minimum Gasteiger partial charge on any atom is -0.467 e. The standard InChI is InChI=1S/C34H31FN4O3/c1-38-17-25(18-38)22-9-7-21(8-10-22)23-11-12-24-19-39(34(40)27(24)15-23)32(33-36-29-5-3-4-6-30(29)37-33)28-16-26(35)13-14-31(28)42-20-41-2/h3-16,25,32H,17-20H2,1-2H3,(H,36,37). The van der Waals surface area contributed by atoms with Crippen LogP contribution in [0.2, 0.25) is 0 Å². The molecule has 42 heavy (non-hydrogen) atoms. The second-order valence-corrected chi connectivity index (χ2v) is 11.1. The molecule has 7 nitrogen and oxygen atoms in total. The number of imidazole rings is 1. The Labute approximate surface area is 243 Å². The summed E-state index contributed by atoms with van der Waals surface area (Å²) in [6, 6.07) is 26.0. The Hall–Kier alpha value is -4.53. The third-order valence-corrected chi connectivity index (χ3v) is 8.30. The van der Waals surface area contributed by atoms with Crippen LogP contribution in [0.5, 0.6) is 5.75 Å². The molecule has 7 rings (SSSR count). The van der Waals surface area contributed by atoms with Gasteiger partial charge in [-0.2, -0.15) is 0 Å². The van der Waals surface area contributed by atoms with Crippen LogP contribution in [-0.4, -0.2) is 59.7 Å². The van der Waals surface area contributed by atoms with Crippen molar-refractivity contribution in [2.24, 2.45) is 0 Å². The molecule has 4 aromatic carbocycles. The Balaban J connectivity index is 1.26. The predicted molar refractivity (Wildman–Crippen MR) is 159 cm³/mol. The number of aromatic amines is 1. The van der Waals surface area contributed by atoms with Gasteiger partial charge in [-0.3, -0.25) is 4.79 Å². The number of benzene rings is 4. The van der Waals surface area contributed by atoms with E-state index in [2.05, 4.69) is 47.3 Å². The van der Waals surface area contributed by atoms with Crippen molar-refractivity contribution in [2.75, 3.05) is 34.0 Å². The van der Waals surface area contributed by atoms with Crippen LogP contribution in [-0.2, 0) is 11.3 Å². The number of amides is 1. The highest BCUT2D eigenvalue weighted by Crippen LogP contribution is 2.40. The Morgan fingerprint density at radius 1 is 1.00 bits per heavy atom. The summed E-state index contributed by atoms with van der Waals surface area (Å²) < 4.78 is 25.7. The van der Waals surface area contributed by atoms with Crippen LogP contribution < -0.4 is 4.74 Å². The first-order valence-corrected chi connectivity index (χ1v) is 14.1. The van der Waals surface area contributed by atoms with Crippen LogP contribution in [0.25, 0.3) is 22.2 Å². The number of carbonyl (C=O) groups excluding carboxylic acids is 1. The molecule has 0 saturated carbocycles. The van der Waals surface area contributed by atoms with Crippen LogP contribution in [0.4, 0.5) is 4.39 Å². The summed E-state index contributed by atoms with van der Waals surface area (Å²) in [6.07, 6.45) is 0. The predicted octanol–water partition coefficient (Wildman–Crippen LogP) is 6.13. The summed E-state index contributed by atoms with van der Waals surface area (Å²) >= 11 is 0. The lowest BCUT2D eigenvalue weighted by atomic mass is 9.90. The van der Waals surface area contributed by atoms with Crippen LogP contribution in [0.1, 0.15) is 44.8 Å². The second-order valence-electron chi connectivity index (χ2n) is 11.1. The largest absolute Gasteiger partial charge is 0.467 e. The van der Waals surface area contributed by atoms with Crippen LogP contribution in [0.3, 0.4) is 0 Å². The van der Waals surface area contributed by atoms with Gasteiger partial charge in [0.2, 0.25) is 0 Å². The molecule has 2 aliphatic heterocycles. The number of hydrogen-bond donors (Lipinski definition) is 1. The Kier molecular flexibility index (Phi) is 6.72. The number of aromatic nitrogens is 2. The first kappa shape index (κ1) is 26.4. The molecule has 2 aliphatic rings. The molecule has 5 aromatic rings. The van der Waals surface area contributed by atoms with Gasteiger partial charge in [-0.25, -0.2) is 9.37 Å². The van der Waals surface area contributed by atoms with E-state index in [1.165, 1.54) is 24.8 Å². The maximum atomic E-state index is 14.7. The molecule has 0 spiro atoms. The van der Waals surface area contributed by atoms with Crippen molar-refractivity contribution in [1.29, 1.82) is 0 Å². The number of para-hydroxylation sites is 2. The summed E-state index contributed by atoms with van der Waals surface area (Å²) in [7, 11) is 3.66. The van der Waals surface area contributed by atoms with Gasteiger partial charge in [0.1, 0.15) is 23.4 Å². The molecule has 0 bridgehead atoms. The van der Waals surface area contributed by atoms with E-state index in [4.69, 9.17) is 14.5 Å². The zero-order valence-corrected chi connectivity index (χ0v) is 23.5. The highest BCUT2D eigenvalue weighted by Gasteiger charge is 2.38. The molecule has 3 heterocycles. The summed E-state index contributed by atoms with van der Waals surface area (Å²) in [5, 5.41) is 0. The number of likely N-dealkylation sites (N-methyl/N-ethyl adjacent to an activating group) is 1. The van der Waals surface area contributed by atoms with Gasteiger partial charge >= 0.3 is 0 Å². The minimum atomic E-state index is -0.719. The van der Waals surface area contributed by atoms with Crippen molar-refractivity contribution < 1.29 is 18.7 Å². The smallest absolute Gasteiger partial charge is 0.255 e. The molecule has 8 heteroatoms. The fraction of sp³-hybridized carbons (Fsp3) is 0.235. The highest BCUT2D eigenvalue weighted by molar-refractivity contribution is 6.00. The van der Waals surface area contributed by atoms with E-state index in [-0.39, 0.29) is 12.7 Å². The average Bonchev–Trinajstić information content (AvgIpc) is 3.56. The van der Waals surface area contributed by atoms with Gasteiger partial charge in [0, 0.05) is 43.8 Å². The quantitative estimate of drug-likeness (QED) is 0.231. The molecule has 1 aromatic heterocycles. The number of nitrogens with zero attached hydrogens (tertiary/aromatic N) is 3. The number of hydrogen-bond acceptors (Lipinski definition) is 5. The van der Waals surface area contributed by atoms with Crippen LogP contribution >= 0.6 is 0 Å². The van der Waals surface area contributed by atoms with Crippen molar-refractivity contribution in [1.82, 2.24) is 19.8 Å². The molecule has 1 fully saturated rings. The Morgan fingerprint density at radius 3 is 2.55 bits per heavy atom. The topological polar surface area (TPSA) is 70.7 Å². The molecule has 1 unspecified atom stereocenters. The number of nitrogens with one attached hydrogen (secondary N) is 1. The number of ether oxygens (including phenoxy) is 2. The maximum absolute atomic E-state index is 14.7. The van der Waals surface area contributed by atoms with Crippen molar-refractivity contribution >= 4 is 16.9 Å². The lowest BCUT2D eigenvalue weighted by Gasteiger charge is -2.36. The Morgan fingerprint density at radius 2 is 1.79 bits per heavy atom. The van der Waals surface area contributed by atoms with E-state index in [9.17, 15) is 9.18 Å². The van der Waals surface area contributed by atoms with Crippen molar-refractivity contribution in [3.8, 4) is 16.9 Å². The van der Waals surface area contributed by atoms with Gasteiger partial charge in [-0.05, 0) is 65.7 Å². The number of methoxy groups -OCH3 is 1. The van der Waals surface area contributed by atoms with E-state index >= 15 is 0 Å². The number of rotatable bonds is 8. The molecule has 1 atom stereocenters. The van der Waals surface area contributed by atoms with E-state index in [0.717, 1.165) is 40.8 Å². The lowest BCUT2D eigenvalue weighted by molar-refractivity contribution is 0.0487. The molecule has 1 saturated heterocycles. The monoisotopic (exact) mass is 562 g/mol. The van der Waals surface area contributed by atoms with E-state index in [1.54, 1.807) is 11.0 Å². The molecule has 1 amide bonds. The van der Waals surface area contributed by atoms with Gasteiger partial charge in [0.15, 0.2) is 6.79 Å². The second kappa shape index (κ2) is 10.7. The van der Waals surface area contributed by atoms with Gasteiger partial charge in [-0.15, -0.1) is 0 Å². The number of halogens is 1. The van der Waals surface area contributed by atoms with Crippen LogP contribution in [0.15, 0.2) is 84.9 Å². The molecular formula is C34H31FN4O3. The molecular weight excluding hydrogens is 531 g/mol. The number of likely N-dealkylation sites (tertiary alicyclic amines) is 1. The molecule has 0 radical (unpaired) electrons. The van der Waals surface area contributed by atoms with Gasteiger partial charge in [0.25, 0.3) is 5.91 Å². The van der Waals surface area contributed by atoms with Gasteiger partial charge in [-0.1, -0.05) is 48.5 Å². The highest BCUT2D eigenvalue weighted by atomic mass is 19.1. The van der Waals surface area contributed by atoms with E-state index < -0.39 is 11.9 Å². The summed E-state index contributed by atoms with van der Waals surface area (Å²) in [6.45, 7) is 2.50. The zero-order valence-electron chi connectivity index (χ0n) is 23.5. The van der Waals surface area contributed by atoms with Gasteiger partial charge < -0.3 is 24.3 Å². The third-order valence-electron chi connectivity index (χ3n) is 8.30. The SMILES string of the molecule is COCOc1ccc(F)cc1C(c1nc2ccccc2[nH]1)N1Cc2ccc(-c3ccc(C4CN(C)C4)cc3)cc2C1=O. The van der Waals surface area contributed by atoms with Gasteiger partial charge in [0.05, 0.1) is 11.0 Å². The number of fused-ring (bicyclic) bond motifs is 2. The normalized spacial score (nSPS) is 16.1. The molecule has 1 N–H and O–H groups in total. The molecule has 212 valence electrons. The Bertz CT molecular complexity index is 1740. The fourth-order valence-corrected chi connectivity index (χ4v) is 6.12. The van der Waals surface area contributed by atoms with Crippen molar-refractivity contribution in [3.63, 3.8) is 0 Å². The minimum absolute atomic E-state index is 0.0146. The first-order chi connectivity index (χ1) is 20.5. The lowest BCUT2D eigenvalue weighted by Crippen LogP contribution is -2.41. The van der Waals surface area contributed by atoms with E-state index in [0.29, 0.717) is 35.2 Å². The molecule has 0 aliphatic carbocycles. The zero-order chi connectivity index (χ0) is 28.8. The average molecular weight is 563 g/mol. The summed E-state index contributed by atoms with van der Waals surface area (Å²) in [4.78, 5) is 26.4. The third kappa shape index (κ3) is 4.72. The fourth-order valence-electron chi connectivity index (χ4n) is 6.12. The number of H-pyrrole nitrogens is 1.